The molecule has 4 atom stereocenters. The van der Waals surface area contributed by atoms with E-state index in [0.717, 1.165) is 43.4 Å². The molecule has 1 saturated carbocycles. The number of nitrogens with one attached hydrogen (secondary N) is 1. The topological polar surface area (TPSA) is 64.6 Å². The van der Waals surface area contributed by atoms with Gasteiger partial charge in [0.25, 0.3) is 0 Å². The van der Waals surface area contributed by atoms with Crippen LogP contribution in [0.5, 0.6) is 0 Å². The summed E-state index contributed by atoms with van der Waals surface area (Å²) in [6.07, 6.45) is 5.50. The zero-order chi connectivity index (χ0) is 23.7. The van der Waals surface area contributed by atoms with Crippen LogP contribution in [0.4, 0.5) is 0 Å². The van der Waals surface area contributed by atoms with E-state index in [4.69, 9.17) is 9.16 Å². The summed E-state index contributed by atoms with van der Waals surface area (Å²) in [5, 5.41) is 3.35. The molecule has 6 heteroatoms. The maximum atomic E-state index is 13.5. The van der Waals surface area contributed by atoms with Gasteiger partial charge >= 0.3 is 5.97 Å². The van der Waals surface area contributed by atoms with Crippen molar-refractivity contribution in [3.05, 3.63) is 22.8 Å². The van der Waals surface area contributed by atoms with Crippen LogP contribution in [0.15, 0.2) is 22.8 Å². The van der Waals surface area contributed by atoms with E-state index in [1.54, 1.807) is 0 Å². The number of ketones is 1. The van der Waals surface area contributed by atoms with Crippen molar-refractivity contribution in [2.24, 2.45) is 16.7 Å². The Morgan fingerprint density at radius 3 is 2.47 bits per heavy atom. The van der Waals surface area contributed by atoms with Crippen LogP contribution in [0.2, 0.25) is 18.1 Å². The normalized spacial score (nSPS) is 34.1. The third kappa shape index (κ3) is 3.66. The summed E-state index contributed by atoms with van der Waals surface area (Å²) in [6, 6.07) is -0.251. The fourth-order valence-corrected chi connectivity index (χ4v) is 6.63. The summed E-state index contributed by atoms with van der Waals surface area (Å²) in [7, 11) is -2.01. The maximum Gasteiger partial charge on any atom is 0.323 e. The second kappa shape index (κ2) is 7.64. The number of esters is 1. The van der Waals surface area contributed by atoms with Crippen molar-refractivity contribution < 1.29 is 18.8 Å². The van der Waals surface area contributed by atoms with Gasteiger partial charge in [-0.25, -0.2) is 0 Å². The van der Waals surface area contributed by atoms with Crippen molar-refractivity contribution in [3.63, 3.8) is 0 Å². The van der Waals surface area contributed by atoms with Crippen LogP contribution in [0.3, 0.4) is 0 Å². The van der Waals surface area contributed by atoms with E-state index in [1.807, 2.05) is 0 Å². The predicted octanol–water partition coefficient (Wildman–Crippen LogP) is 4.93. The molecular formula is C26H41NO4Si. The average Bonchev–Trinajstić information content (AvgIpc) is 3.20. The first-order valence-corrected chi connectivity index (χ1v) is 15.2. The fraction of sp³-hybridized carbons (Fsp3) is 0.769. The third-order valence-electron chi connectivity index (χ3n) is 9.18. The number of rotatable bonds is 5. The molecule has 4 aliphatic rings. The molecule has 5 nitrogen and oxygen atoms in total. The molecule has 0 aromatic rings. The van der Waals surface area contributed by atoms with Crippen molar-refractivity contribution in [3.8, 4) is 0 Å². The van der Waals surface area contributed by atoms with Crippen molar-refractivity contribution in [1.82, 2.24) is 5.32 Å². The molecule has 0 aromatic carbocycles. The van der Waals surface area contributed by atoms with Gasteiger partial charge in [0.2, 0.25) is 0 Å². The van der Waals surface area contributed by atoms with Crippen molar-refractivity contribution in [2.75, 3.05) is 13.2 Å². The standard InChI is InChI=1S/C26H41NO4Si/c1-16-20-18(21(28)17(2)26(16)11-12-26)14-25(6,15-30-32(7,8)24(3,4)5)22(20)31-23(29)19-10-9-13-27-19/h14,17,19,22,27H,9-13,15H2,1-8H3/t17-,19+,22-,25+/m1/s1. The molecule has 0 bridgehead atoms. The molecule has 0 radical (unpaired) electrons. The number of hydrogen-bond acceptors (Lipinski definition) is 5. The predicted molar refractivity (Wildman–Crippen MR) is 129 cm³/mol. The molecule has 0 amide bonds. The van der Waals surface area contributed by atoms with Crippen LogP contribution >= 0.6 is 0 Å². The lowest BCUT2D eigenvalue weighted by molar-refractivity contribution is -0.154. The number of carbonyl (C=O) groups excluding carboxylic acids is 2. The Morgan fingerprint density at radius 1 is 1.28 bits per heavy atom. The second-order valence-corrected chi connectivity index (χ2v) is 17.2. The highest BCUT2D eigenvalue weighted by molar-refractivity contribution is 6.74. The molecule has 1 aliphatic heterocycles. The summed E-state index contributed by atoms with van der Waals surface area (Å²) in [4.78, 5) is 26.6. The van der Waals surface area contributed by atoms with Gasteiger partial charge < -0.3 is 14.5 Å². The van der Waals surface area contributed by atoms with Gasteiger partial charge in [0, 0.05) is 34.5 Å². The van der Waals surface area contributed by atoms with E-state index < -0.39 is 19.8 Å². The lowest BCUT2D eigenvalue weighted by atomic mass is 9.70. The Hall–Kier alpha value is -1.24. The van der Waals surface area contributed by atoms with E-state index in [0.29, 0.717) is 6.61 Å². The fourth-order valence-electron chi connectivity index (χ4n) is 5.52. The summed E-state index contributed by atoms with van der Waals surface area (Å²) < 4.78 is 12.9. The van der Waals surface area contributed by atoms with Gasteiger partial charge in [0.15, 0.2) is 14.1 Å². The Morgan fingerprint density at radius 2 is 1.94 bits per heavy atom. The number of hydrogen-bond donors (Lipinski definition) is 1. The molecular weight excluding hydrogens is 418 g/mol. The number of fused-ring (bicyclic) bond motifs is 1. The Labute approximate surface area is 194 Å². The molecule has 0 aromatic heterocycles. The third-order valence-corrected chi connectivity index (χ3v) is 13.7. The zero-order valence-electron chi connectivity index (χ0n) is 21.2. The summed E-state index contributed by atoms with van der Waals surface area (Å²) >= 11 is 0. The van der Waals surface area contributed by atoms with Gasteiger partial charge in [-0.2, -0.15) is 0 Å². The first kappa shape index (κ1) is 23.9. The van der Waals surface area contributed by atoms with E-state index >= 15 is 0 Å². The largest absolute Gasteiger partial charge is 0.455 e. The van der Waals surface area contributed by atoms with Crippen LogP contribution in [0.1, 0.15) is 67.2 Å². The quantitative estimate of drug-likeness (QED) is 0.466. The smallest absolute Gasteiger partial charge is 0.323 e. The van der Waals surface area contributed by atoms with Gasteiger partial charge in [0.1, 0.15) is 12.1 Å². The van der Waals surface area contributed by atoms with Gasteiger partial charge in [-0.15, -0.1) is 0 Å². The average molecular weight is 460 g/mol. The molecule has 2 fully saturated rings. The summed E-state index contributed by atoms with van der Waals surface area (Å²) in [5.41, 5.74) is 2.41. The Balaban J connectivity index is 1.71. The first-order valence-electron chi connectivity index (χ1n) is 12.3. The van der Waals surface area contributed by atoms with E-state index in [-0.39, 0.29) is 34.2 Å². The van der Waals surface area contributed by atoms with Gasteiger partial charge in [-0.1, -0.05) is 39.3 Å². The second-order valence-electron chi connectivity index (χ2n) is 12.4. The zero-order valence-corrected chi connectivity index (χ0v) is 22.2. The molecule has 0 unspecified atom stereocenters. The Kier molecular flexibility index (Phi) is 5.71. The Bertz CT molecular complexity index is 886. The molecule has 4 rings (SSSR count). The van der Waals surface area contributed by atoms with E-state index in [2.05, 4.69) is 66.0 Å². The molecule has 3 aliphatic carbocycles. The highest BCUT2D eigenvalue weighted by Crippen LogP contribution is 2.64. The molecule has 1 heterocycles. The van der Waals surface area contributed by atoms with Crippen LogP contribution in [-0.2, 0) is 18.8 Å². The minimum Gasteiger partial charge on any atom is -0.455 e. The van der Waals surface area contributed by atoms with Crippen molar-refractivity contribution >= 4 is 20.1 Å². The summed E-state index contributed by atoms with van der Waals surface area (Å²) in [5.74, 6) is 0.00474. The van der Waals surface area contributed by atoms with E-state index in [1.165, 1.54) is 5.57 Å². The molecule has 1 N–H and O–H groups in total. The minimum atomic E-state index is -2.01. The molecule has 1 spiro atoms. The van der Waals surface area contributed by atoms with Gasteiger partial charge in [-0.05, 0) is 64.2 Å². The minimum absolute atomic E-state index is 0.00555. The SMILES string of the molecule is CC1=C2C(=C[C@@](C)(CO[Si](C)(C)C(C)(C)C)[C@@H]2OC(=O)[C@@H]2CCCN2)C(=O)[C@@H](C)C12CC2. The van der Waals surface area contributed by atoms with E-state index in [9.17, 15) is 9.59 Å². The van der Waals surface area contributed by atoms with Crippen LogP contribution in [0.25, 0.3) is 0 Å². The van der Waals surface area contributed by atoms with Crippen LogP contribution in [0, 0.1) is 16.7 Å². The molecule has 32 heavy (non-hydrogen) atoms. The monoisotopic (exact) mass is 459 g/mol. The first-order chi connectivity index (χ1) is 14.7. The van der Waals surface area contributed by atoms with Crippen LogP contribution in [-0.4, -0.2) is 45.4 Å². The number of carbonyl (C=O) groups is 2. The maximum absolute atomic E-state index is 13.5. The lowest BCUT2D eigenvalue weighted by Crippen LogP contribution is -2.47. The van der Waals surface area contributed by atoms with Crippen molar-refractivity contribution in [2.45, 2.75) is 97.5 Å². The number of Topliss-reactive ketones (excluding diaryl/α,β-unsaturated/α-hetero) is 1. The number of ether oxygens (including phenoxy) is 1. The highest BCUT2D eigenvalue weighted by Gasteiger charge is 2.60. The number of allylic oxidation sites excluding steroid dienone is 1. The molecule has 1 saturated heterocycles. The van der Waals surface area contributed by atoms with Crippen molar-refractivity contribution in [1.29, 1.82) is 0 Å². The molecule has 178 valence electrons. The lowest BCUT2D eigenvalue weighted by Gasteiger charge is -2.41. The van der Waals surface area contributed by atoms with Crippen LogP contribution < -0.4 is 5.32 Å². The van der Waals surface area contributed by atoms with Gasteiger partial charge in [-0.3, -0.25) is 9.59 Å². The van der Waals surface area contributed by atoms with Gasteiger partial charge in [0.05, 0.1) is 0 Å². The summed E-state index contributed by atoms with van der Waals surface area (Å²) in [6.45, 7) is 18.8. The highest BCUT2D eigenvalue weighted by atomic mass is 28.4.